The molecule has 5 heteroatoms. The van der Waals surface area contributed by atoms with Gasteiger partial charge in [0.2, 0.25) is 0 Å². The normalized spacial score (nSPS) is 29.7. The zero-order valence-corrected chi connectivity index (χ0v) is 10.2. The first-order valence-corrected chi connectivity index (χ1v) is 6.31. The van der Waals surface area contributed by atoms with Crippen LogP contribution in [0, 0.1) is 5.92 Å². The van der Waals surface area contributed by atoms with Crippen molar-refractivity contribution in [2.75, 3.05) is 0 Å². The van der Waals surface area contributed by atoms with Crippen LogP contribution in [0.2, 0.25) is 0 Å². The van der Waals surface area contributed by atoms with Crippen LogP contribution in [0.25, 0.3) is 0 Å². The molecule has 0 aromatic heterocycles. The number of nitrogens with one attached hydrogen (secondary N) is 2. The molecule has 0 aromatic rings. The minimum Gasteiger partial charge on any atom is -0.481 e. The van der Waals surface area contributed by atoms with Gasteiger partial charge in [0.05, 0.1) is 12.0 Å². The van der Waals surface area contributed by atoms with E-state index < -0.39 is 11.5 Å². The van der Waals surface area contributed by atoms with E-state index in [2.05, 4.69) is 17.6 Å². The SMILES string of the molecule is CC1CC1NC(=O)NC1(CC(=O)O)CCCC1. The van der Waals surface area contributed by atoms with Gasteiger partial charge < -0.3 is 15.7 Å². The molecule has 2 amide bonds. The van der Waals surface area contributed by atoms with Crippen molar-refractivity contribution < 1.29 is 14.7 Å². The van der Waals surface area contributed by atoms with Crippen LogP contribution in [0.1, 0.15) is 45.4 Å². The molecular weight excluding hydrogens is 220 g/mol. The number of carboxylic acids is 1. The molecule has 0 heterocycles. The maximum Gasteiger partial charge on any atom is 0.315 e. The number of amides is 2. The summed E-state index contributed by atoms with van der Waals surface area (Å²) in [5.41, 5.74) is -0.520. The largest absolute Gasteiger partial charge is 0.481 e. The predicted octanol–water partition coefficient (Wildman–Crippen LogP) is 1.48. The van der Waals surface area contributed by atoms with Gasteiger partial charge in [0.25, 0.3) is 0 Å². The number of hydrogen-bond donors (Lipinski definition) is 3. The summed E-state index contributed by atoms with van der Waals surface area (Å²) >= 11 is 0. The van der Waals surface area contributed by atoms with Crippen LogP contribution in [0.3, 0.4) is 0 Å². The van der Waals surface area contributed by atoms with E-state index in [1.165, 1.54) is 0 Å². The summed E-state index contributed by atoms with van der Waals surface area (Å²) in [6.45, 7) is 2.09. The molecular formula is C12H20N2O3. The summed E-state index contributed by atoms with van der Waals surface area (Å²) in [7, 11) is 0. The first-order chi connectivity index (χ1) is 8.01. The van der Waals surface area contributed by atoms with Gasteiger partial charge >= 0.3 is 12.0 Å². The Kier molecular flexibility index (Phi) is 3.26. The van der Waals surface area contributed by atoms with Crippen molar-refractivity contribution in [3.05, 3.63) is 0 Å². The first kappa shape index (κ1) is 12.2. The van der Waals surface area contributed by atoms with Crippen LogP contribution in [0.4, 0.5) is 4.79 Å². The van der Waals surface area contributed by atoms with E-state index in [1.807, 2.05) is 0 Å². The predicted molar refractivity (Wildman–Crippen MR) is 62.7 cm³/mol. The Morgan fingerprint density at radius 2 is 1.94 bits per heavy atom. The van der Waals surface area contributed by atoms with E-state index >= 15 is 0 Å². The monoisotopic (exact) mass is 240 g/mol. The Morgan fingerprint density at radius 1 is 1.35 bits per heavy atom. The standard InChI is InChI=1S/C12H20N2O3/c1-8-6-9(8)13-11(17)14-12(7-10(15)16)4-2-3-5-12/h8-9H,2-7H2,1H3,(H,15,16)(H2,13,14,17). The Balaban J connectivity index is 1.88. The lowest BCUT2D eigenvalue weighted by atomic mass is 9.93. The number of carbonyl (C=O) groups is 2. The van der Waals surface area contributed by atoms with E-state index in [0.29, 0.717) is 5.92 Å². The molecule has 2 atom stereocenters. The summed E-state index contributed by atoms with van der Waals surface area (Å²) in [5.74, 6) is -0.285. The third-order valence-electron chi connectivity index (χ3n) is 3.85. The topological polar surface area (TPSA) is 78.4 Å². The highest BCUT2D eigenvalue weighted by molar-refractivity contribution is 5.77. The highest BCUT2D eigenvalue weighted by atomic mass is 16.4. The molecule has 96 valence electrons. The van der Waals surface area contributed by atoms with E-state index in [0.717, 1.165) is 32.1 Å². The van der Waals surface area contributed by atoms with E-state index in [9.17, 15) is 9.59 Å². The minimum absolute atomic E-state index is 0.0284. The number of urea groups is 1. The zero-order valence-electron chi connectivity index (χ0n) is 10.2. The second-order valence-electron chi connectivity index (χ2n) is 5.48. The van der Waals surface area contributed by atoms with Crippen LogP contribution in [-0.4, -0.2) is 28.7 Å². The lowest BCUT2D eigenvalue weighted by molar-refractivity contribution is -0.138. The van der Waals surface area contributed by atoms with Gasteiger partial charge in [-0.1, -0.05) is 19.8 Å². The summed E-state index contributed by atoms with van der Waals surface area (Å²) < 4.78 is 0. The van der Waals surface area contributed by atoms with Crippen molar-refractivity contribution in [2.45, 2.75) is 57.0 Å². The van der Waals surface area contributed by atoms with E-state index in [1.54, 1.807) is 0 Å². The van der Waals surface area contributed by atoms with Gasteiger partial charge in [-0.15, -0.1) is 0 Å². The molecule has 0 saturated heterocycles. The van der Waals surface area contributed by atoms with Gasteiger partial charge in [0.1, 0.15) is 0 Å². The zero-order chi connectivity index (χ0) is 12.5. The quantitative estimate of drug-likeness (QED) is 0.696. The lowest BCUT2D eigenvalue weighted by Gasteiger charge is -2.28. The second kappa shape index (κ2) is 4.55. The fourth-order valence-corrected chi connectivity index (χ4v) is 2.66. The maximum atomic E-state index is 11.8. The average Bonchev–Trinajstić information content (AvgIpc) is 2.73. The molecule has 2 unspecified atom stereocenters. The Labute approximate surface area is 101 Å². The van der Waals surface area contributed by atoms with Gasteiger partial charge in [-0.3, -0.25) is 4.79 Å². The molecule has 2 fully saturated rings. The summed E-state index contributed by atoms with van der Waals surface area (Å²) in [5, 5.41) is 14.7. The summed E-state index contributed by atoms with van der Waals surface area (Å²) in [6, 6.07) is 0.0702. The van der Waals surface area contributed by atoms with Crippen LogP contribution in [-0.2, 0) is 4.79 Å². The van der Waals surface area contributed by atoms with Crippen molar-refractivity contribution in [3.8, 4) is 0 Å². The molecule has 5 nitrogen and oxygen atoms in total. The summed E-state index contributed by atoms with van der Waals surface area (Å²) in [4.78, 5) is 22.6. The lowest BCUT2D eigenvalue weighted by Crippen LogP contribution is -2.52. The van der Waals surface area contributed by atoms with E-state index in [-0.39, 0.29) is 18.5 Å². The molecule has 0 radical (unpaired) electrons. The third-order valence-corrected chi connectivity index (χ3v) is 3.85. The number of aliphatic carboxylic acids is 1. The van der Waals surface area contributed by atoms with Crippen LogP contribution < -0.4 is 10.6 Å². The maximum absolute atomic E-state index is 11.8. The fourth-order valence-electron chi connectivity index (χ4n) is 2.66. The number of hydrogen-bond acceptors (Lipinski definition) is 2. The van der Waals surface area contributed by atoms with Crippen LogP contribution in [0.15, 0.2) is 0 Å². The molecule has 3 N–H and O–H groups in total. The number of carboxylic acid groups (broad SMARTS) is 1. The van der Waals surface area contributed by atoms with Crippen molar-refractivity contribution in [1.29, 1.82) is 0 Å². The fraction of sp³-hybridized carbons (Fsp3) is 0.833. The summed E-state index contributed by atoms with van der Waals surface area (Å²) in [6.07, 6.45) is 4.58. The number of carbonyl (C=O) groups excluding carboxylic acids is 1. The van der Waals surface area contributed by atoms with Crippen molar-refractivity contribution in [2.24, 2.45) is 5.92 Å². The smallest absolute Gasteiger partial charge is 0.315 e. The van der Waals surface area contributed by atoms with Crippen molar-refractivity contribution >= 4 is 12.0 Å². The van der Waals surface area contributed by atoms with Gasteiger partial charge in [-0.05, 0) is 25.2 Å². The Morgan fingerprint density at radius 3 is 2.41 bits per heavy atom. The molecule has 2 aliphatic rings. The molecule has 17 heavy (non-hydrogen) atoms. The Hall–Kier alpha value is -1.26. The van der Waals surface area contributed by atoms with Gasteiger partial charge in [0, 0.05) is 6.04 Å². The second-order valence-corrected chi connectivity index (χ2v) is 5.48. The van der Waals surface area contributed by atoms with Crippen molar-refractivity contribution in [1.82, 2.24) is 10.6 Å². The minimum atomic E-state index is -0.841. The van der Waals surface area contributed by atoms with Crippen LogP contribution in [0.5, 0.6) is 0 Å². The number of rotatable bonds is 4. The third kappa shape index (κ3) is 3.11. The average molecular weight is 240 g/mol. The van der Waals surface area contributed by atoms with Gasteiger partial charge in [0.15, 0.2) is 0 Å². The first-order valence-electron chi connectivity index (χ1n) is 6.31. The molecule has 0 aromatic carbocycles. The molecule has 0 spiro atoms. The highest BCUT2D eigenvalue weighted by Crippen LogP contribution is 2.33. The van der Waals surface area contributed by atoms with Gasteiger partial charge in [-0.2, -0.15) is 0 Å². The molecule has 2 aliphatic carbocycles. The molecule has 2 saturated carbocycles. The highest BCUT2D eigenvalue weighted by Gasteiger charge is 2.39. The van der Waals surface area contributed by atoms with E-state index in [4.69, 9.17) is 5.11 Å². The van der Waals surface area contributed by atoms with Crippen molar-refractivity contribution in [3.63, 3.8) is 0 Å². The molecule has 2 rings (SSSR count). The molecule has 0 bridgehead atoms. The van der Waals surface area contributed by atoms with Gasteiger partial charge in [-0.25, -0.2) is 4.79 Å². The Bertz CT molecular complexity index is 324. The van der Waals surface area contributed by atoms with Crippen LogP contribution >= 0.6 is 0 Å². The molecule has 0 aliphatic heterocycles.